The topological polar surface area (TPSA) is 118 Å². The van der Waals surface area contributed by atoms with Gasteiger partial charge in [0.15, 0.2) is 6.29 Å². The van der Waals surface area contributed by atoms with Crippen molar-refractivity contribution < 1.29 is 61.3 Å². The van der Waals surface area contributed by atoms with Gasteiger partial charge in [-0.25, -0.2) is 0 Å². The zero-order valence-corrected chi connectivity index (χ0v) is 9.24. The van der Waals surface area contributed by atoms with Crippen molar-refractivity contribution in [1.82, 2.24) is 0 Å². The zero-order chi connectivity index (χ0) is 9.72. The minimum Gasteiger partial charge on any atom is -1.00 e. The second-order valence-corrected chi connectivity index (χ2v) is 2.36. The van der Waals surface area contributed by atoms with Crippen LogP contribution in [-0.2, 0) is 4.79 Å². The fraction of sp³-hybridized carbons (Fsp3) is 0.833. The molecule has 0 aromatic carbocycles. The number of hydrogen-bond acceptors (Lipinski definition) is 6. The van der Waals surface area contributed by atoms with Gasteiger partial charge in [0.1, 0.15) is 24.4 Å². The fourth-order valence-corrected chi connectivity index (χ4v) is 0.618. The van der Waals surface area contributed by atoms with Crippen LogP contribution in [0.15, 0.2) is 0 Å². The second-order valence-electron chi connectivity index (χ2n) is 2.36. The van der Waals surface area contributed by atoms with Gasteiger partial charge >= 0.3 is 29.6 Å². The van der Waals surface area contributed by atoms with E-state index in [0.717, 1.165) is 0 Å². The van der Waals surface area contributed by atoms with Crippen LogP contribution in [0.5, 0.6) is 0 Å². The standard InChI is InChI=1S/C6H12O6.Na.H/c7-1-3(9)5(11)6(12)4(10)2-8;;/h1,3-6,8-12H,2H2;;/q;+1;-1/t3-,4+,5+,6-;;/m0../s1. The molecule has 4 atom stereocenters. The summed E-state index contributed by atoms with van der Waals surface area (Å²) >= 11 is 0. The molecule has 0 saturated carbocycles. The summed E-state index contributed by atoms with van der Waals surface area (Å²) in [6.07, 6.45) is -6.84. The summed E-state index contributed by atoms with van der Waals surface area (Å²) in [6, 6.07) is 0. The Labute approximate surface area is 98.6 Å². The minimum absolute atomic E-state index is 0. The third-order valence-corrected chi connectivity index (χ3v) is 1.42. The molecule has 0 saturated heterocycles. The molecule has 0 unspecified atom stereocenters. The normalized spacial score (nSPS) is 19.5. The Morgan fingerprint density at radius 2 is 1.62 bits per heavy atom. The first-order valence-corrected chi connectivity index (χ1v) is 3.33. The maximum Gasteiger partial charge on any atom is 1.00 e. The SMILES string of the molecule is O=C[C@H](O)[C@@H](O)[C@@H](O)[C@H](O)CO.[H-].[Na+]. The molecule has 0 fully saturated rings. The average molecular weight is 204 g/mol. The summed E-state index contributed by atoms with van der Waals surface area (Å²) in [6.45, 7) is -0.760. The summed E-state index contributed by atoms with van der Waals surface area (Å²) in [5.74, 6) is 0. The van der Waals surface area contributed by atoms with Crippen LogP contribution in [0.3, 0.4) is 0 Å². The number of aldehydes is 1. The predicted octanol–water partition coefficient (Wildman–Crippen LogP) is -6.26. The number of hydrogen-bond donors (Lipinski definition) is 5. The molecule has 0 aliphatic carbocycles. The third kappa shape index (κ3) is 5.04. The van der Waals surface area contributed by atoms with E-state index < -0.39 is 31.0 Å². The largest absolute Gasteiger partial charge is 1.00 e. The summed E-state index contributed by atoms with van der Waals surface area (Å²) < 4.78 is 0. The van der Waals surface area contributed by atoms with E-state index in [0.29, 0.717) is 0 Å². The number of rotatable bonds is 5. The maximum absolute atomic E-state index is 9.90. The summed E-state index contributed by atoms with van der Waals surface area (Å²) in [5.41, 5.74) is 0. The zero-order valence-electron chi connectivity index (χ0n) is 8.24. The number of carbonyl (C=O) groups is 1. The Morgan fingerprint density at radius 1 is 1.15 bits per heavy atom. The molecule has 6 nitrogen and oxygen atoms in total. The van der Waals surface area contributed by atoms with Crippen molar-refractivity contribution in [2.75, 3.05) is 6.61 Å². The molecule has 0 heterocycles. The second kappa shape index (κ2) is 7.84. The molecule has 7 heteroatoms. The summed E-state index contributed by atoms with van der Waals surface area (Å²) in [4.78, 5) is 9.90. The van der Waals surface area contributed by atoms with Gasteiger partial charge in [0.05, 0.1) is 6.61 Å². The van der Waals surface area contributed by atoms with E-state index in [2.05, 4.69) is 0 Å². The van der Waals surface area contributed by atoms with Crippen molar-refractivity contribution in [3.63, 3.8) is 0 Å². The van der Waals surface area contributed by atoms with Gasteiger partial charge in [0, 0.05) is 0 Å². The van der Waals surface area contributed by atoms with Gasteiger partial charge in [-0.1, -0.05) is 0 Å². The molecule has 74 valence electrons. The van der Waals surface area contributed by atoms with Gasteiger partial charge in [-0.15, -0.1) is 0 Å². The van der Waals surface area contributed by atoms with Gasteiger partial charge in [0.2, 0.25) is 0 Å². The van der Waals surface area contributed by atoms with Crippen molar-refractivity contribution in [1.29, 1.82) is 0 Å². The Kier molecular flexibility index (Phi) is 9.60. The summed E-state index contributed by atoms with van der Waals surface area (Å²) in [5, 5.41) is 43.5. The number of carbonyl (C=O) groups excluding carboxylic acids is 1. The van der Waals surface area contributed by atoms with Gasteiger partial charge in [-0.05, 0) is 0 Å². The van der Waals surface area contributed by atoms with Crippen LogP contribution >= 0.6 is 0 Å². The predicted molar refractivity (Wildman–Crippen MR) is 38.3 cm³/mol. The van der Waals surface area contributed by atoms with E-state index in [9.17, 15) is 4.79 Å². The van der Waals surface area contributed by atoms with Crippen LogP contribution in [0.25, 0.3) is 0 Å². The number of aliphatic hydroxyl groups is 5. The molecule has 0 aromatic rings. The Hall–Kier alpha value is 0.470. The van der Waals surface area contributed by atoms with Crippen molar-refractivity contribution in [3.8, 4) is 0 Å². The number of aliphatic hydroxyl groups excluding tert-OH is 5. The van der Waals surface area contributed by atoms with E-state index in [1.807, 2.05) is 0 Å². The van der Waals surface area contributed by atoms with Crippen LogP contribution in [0, 0.1) is 0 Å². The van der Waals surface area contributed by atoms with E-state index in [4.69, 9.17) is 25.5 Å². The monoisotopic (exact) mass is 204 g/mol. The molecular weight excluding hydrogens is 191 g/mol. The Bertz CT molecular complexity index is 148. The van der Waals surface area contributed by atoms with Gasteiger partial charge < -0.3 is 31.8 Å². The maximum atomic E-state index is 9.90. The third-order valence-electron chi connectivity index (χ3n) is 1.42. The smallest absolute Gasteiger partial charge is 1.00 e. The van der Waals surface area contributed by atoms with E-state index >= 15 is 0 Å². The molecular formula is C6H13NaO6. The average Bonchev–Trinajstić information content (AvgIpc) is 2.12. The van der Waals surface area contributed by atoms with E-state index in [-0.39, 0.29) is 37.3 Å². The molecule has 0 aromatic heterocycles. The van der Waals surface area contributed by atoms with Gasteiger partial charge in [-0.2, -0.15) is 0 Å². The van der Waals surface area contributed by atoms with Crippen LogP contribution in [0.4, 0.5) is 0 Å². The molecule has 5 N–H and O–H groups in total. The van der Waals surface area contributed by atoms with Crippen LogP contribution in [-0.4, -0.2) is 62.8 Å². The minimum atomic E-state index is -1.79. The van der Waals surface area contributed by atoms with Gasteiger partial charge in [0.25, 0.3) is 0 Å². The van der Waals surface area contributed by atoms with Crippen molar-refractivity contribution in [3.05, 3.63) is 0 Å². The quantitative estimate of drug-likeness (QED) is 0.224. The molecule has 0 spiro atoms. The Balaban J connectivity index is -0.000000605. The fourth-order valence-electron chi connectivity index (χ4n) is 0.618. The van der Waals surface area contributed by atoms with Crippen LogP contribution in [0.1, 0.15) is 1.43 Å². The first-order chi connectivity index (χ1) is 5.54. The van der Waals surface area contributed by atoms with Crippen LogP contribution in [0.2, 0.25) is 0 Å². The molecule has 13 heavy (non-hydrogen) atoms. The van der Waals surface area contributed by atoms with E-state index in [1.165, 1.54) is 0 Å². The Morgan fingerprint density at radius 3 is 1.92 bits per heavy atom. The molecule has 0 amide bonds. The van der Waals surface area contributed by atoms with Crippen LogP contribution < -0.4 is 29.6 Å². The molecule has 0 radical (unpaired) electrons. The molecule has 0 aliphatic heterocycles. The molecule has 0 aliphatic rings. The van der Waals surface area contributed by atoms with Crippen molar-refractivity contribution in [2.45, 2.75) is 24.4 Å². The first kappa shape index (κ1) is 15.9. The molecule has 0 rings (SSSR count). The molecule has 0 bridgehead atoms. The van der Waals surface area contributed by atoms with Crippen molar-refractivity contribution >= 4 is 6.29 Å². The summed E-state index contributed by atoms with van der Waals surface area (Å²) in [7, 11) is 0. The first-order valence-electron chi connectivity index (χ1n) is 3.33. The van der Waals surface area contributed by atoms with Crippen molar-refractivity contribution in [2.24, 2.45) is 0 Å². The van der Waals surface area contributed by atoms with E-state index in [1.54, 1.807) is 0 Å². The van der Waals surface area contributed by atoms with Gasteiger partial charge in [-0.3, -0.25) is 0 Å².